The van der Waals surface area contributed by atoms with E-state index >= 15 is 0 Å². The van der Waals surface area contributed by atoms with Gasteiger partial charge in [-0.05, 0) is 48.9 Å². The van der Waals surface area contributed by atoms with Crippen LogP contribution in [-0.2, 0) is 41.6 Å². The van der Waals surface area contributed by atoms with Gasteiger partial charge in [-0.25, -0.2) is 4.79 Å². The molecule has 0 saturated carbocycles. The molecule has 15 nitrogen and oxygen atoms in total. The van der Waals surface area contributed by atoms with Crippen LogP contribution in [0.3, 0.4) is 0 Å². The van der Waals surface area contributed by atoms with Gasteiger partial charge in [0.05, 0.1) is 19.2 Å². The highest BCUT2D eigenvalue weighted by atomic mass is 16.4. The molecule has 0 aliphatic rings. The summed E-state index contributed by atoms with van der Waals surface area (Å²) in [5.41, 5.74) is 7.35. The molecule has 256 valence electrons. The second kappa shape index (κ2) is 18.8. The molecular formula is C32H44N6O9. The third kappa shape index (κ3) is 13.5. The number of carboxylic acid groups (broad SMARTS) is 1. The summed E-state index contributed by atoms with van der Waals surface area (Å²) in [6, 6.07) is 8.95. The molecule has 5 amide bonds. The summed E-state index contributed by atoms with van der Waals surface area (Å²) < 4.78 is 0. The van der Waals surface area contributed by atoms with Crippen molar-refractivity contribution in [3.05, 3.63) is 65.7 Å². The van der Waals surface area contributed by atoms with Crippen molar-refractivity contribution >= 4 is 35.5 Å². The first-order valence-electron chi connectivity index (χ1n) is 15.1. The smallest absolute Gasteiger partial charge is 0.328 e. The van der Waals surface area contributed by atoms with Gasteiger partial charge in [-0.2, -0.15) is 0 Å². The van der Waals surface area contributed by atoms with E-state index in [2.05, 4.69) is 26.6 Å². The molecule has 0 unspecified atom stereocenters. The molecule has 0 bridgehead atoms. The molecule has 0 fully saturated rings. The molecule has 0 saturated heterocycles. The second-order valence-corrected chi connectivity index (χ2v) is 11.5. The van der Waals surface area contributed by atoms with Crippen LogP contribution in [-0.4, -0.2) is 94.2 Å². The number of aromatic hydroxyl groups is 1. The van der Waals surface area contributed by atoms with Crippen molar-refractivity contribution in [2.24, 2.45) is 11.7 Å². The summed E-state index contributed by atoms with van der Waals surface area (Å²) in [7, 11) is 0. The van der Waals surface area contributed by atoms with Gasteiger partial charge in [-0.15, -0.1) is 0 Å². The molecular weight excluding hydrogens is 612 g/mol. The Bertz CT molecular complexity index is 1370. The number of phenolic OH excluding ortho intramolecular Hbond substituents is 1. The Balaban J connectivity index is 2.03. The lowest BCUT2D eigenvalue weighted by molar-refractivity contribution is -0.143. The molecule has 5 atom stereocenters. The number of benzene rings is 2. The number of nitrogens with two attached hydrogens (primary N) is 1. The van der Waals surface area contributed by atoms with E-state index in [1.165, 1.54) is 19.1 Å². The normalized spacial score (nSPS) is 14.1. The predicted molar refractivity (Wildman–Crippen MR) is 171 cm³/mol. The monoisotopic (exact) mass is 656 g/mol. The van der Waals surface area contributed by atoms with E-state index in [0.29, 0.717) is 11.1 Å². The molecule has 0 aliphatic heterocycles. The fraction of sp³-hybridized carbons (Fsp3) is 0.438. The predicted octanol–water partition coefficient (Wildman–Crippen LogP) is -1.30. The molecule has 0 aliphatic carbocycles. The number of carboxylic acids is 1. The largest absolute Gasteiger partial charge is 0.508 e. The lowest BCUT2D eigenvalue weighted by Gasteiger charge is -2.25. The van der Waals surface area contributed by atoms with E-state index < -0.39 is 78.9 Å². The van der Waals surface area contributed by atoms with Crippen LogP contribution in [0.5, 0.6) is 5.75 Å². The summed E-state index contributed by atoms with van der Waals surface area (Å²) in [6.45, 7) is 3.62. The Kier molecular flexibility index (Phi) is 15.3. The maximum Gasteiger partial charge on any atom is 0.328 e. The number of carbonyl (C=O) groups excluding carboxylic acids is 5. The molecule has 10 N–H and O–H groups in total. The van der Waals surface area contributed by atoms with Crippen molar-refractivity contribution in [3.8, 4) is 5.75 Å². The third-order valence-corrected chi connectivity index (χ3v) is 6.98. The van der Waals surface area contributed by atoms with Gasteiger partial charge in [-0.1, -0.05) is 56.3 Å². The molecule has 2 rings (SSSR count). The molecule has 15 heteroatoms. The van der Waals surface area contributed by atoms with Crippen molar-refractivity contribution in [3.63, 3.8) is 0 Å². The first kappa shape index (κ1) is 38.2. The van der Waals surface area contributed by atoms with Crippen molar-refractivity contribution in [1.29, 1.82) is 0 Å². The maximum absolute atomic E-state index is 13.4. The Morgan fingerprint density at radius 1 is 0.702 bits per heavy atom. The Morgan fingerprint density at radius 2 is 1.28 bits per heavy atom. The highest BCUT2D eigenvalue weighted by Crippen LogP contribution is 2.11. The van der Waals surface area contributed by atoms with Gasteiger partial charge in [0.2, 0.25) is 29.5 Å². The highest BCUT2D eigenvalue weighted by Gasteiger charge is 2.30. The van der Waals surface area contributed by atoms with Crippen LogP contribution < -0.4 is 32.3 Å². The molecule has 47 heavy (non-hydrogen) atoms. The number of aliphatic hydroxyl groups excluding tert-OH is 1. The fourth-order valence-electron chi connectivity index (χ4n) is 4.42. The van der Waals surface area contributed by atoms with E-state index in [4.69, 9.17) is 5.73 Å². The van der Waals surface area contributed by atoms with E-state index in [-0.39, 0.29) is 30.9 Å². The number of aliphatic carboxylic acids is 1. The summed E-state index contributed by atoms with van der Waals surface area (Å²) in [5, 5.41) is 40.1. The lowest BCUT2D eigenvalue weighted by Crippen LogP contribution is -2.58. The number of hydrogen-bond donors (Lipinski definition) is 9. The fourth-order valence-corrected chi connectivity index (χ4v) is 4.42. The average Bonchev–Trinajstić information content (AvgIpc) is 3.02. The zero-order chi connectivity index (χ0) is 35.1. The van der Waals surface area contributed by atoms with E-state index in [1.807, 2.05) is 0 Å². The molecule has 0 heterocycles. The van der Waals surface area contributed by atoms with E-state index in [1.54, 1.807) is 56.3 Å². The van der Waals surface area contributed by atoms with Crippen molar-refractivity contribution in [2.45, 2.75) is 70.2 Å². The lowest BCUT2D eigenvalue weighted by atomic mass is 10.0. The zero-order valence-corrected chi connectivity index (χ0v) is 26.6. The van der Waals surface area contributed by atoms with E-state index in [9.17, 15) is 44.1 Å². The number of aliphatic hydroxyl groups is 1. The number of carbonyl (C=O) groups is 6. The first-order chi connectivity index (χ1) is 22.2. The maximum atomic E-state index is 13.4. The van der Waals surface area contributed by atoms with Crippen LogP contribution in [0.25, 0.3) is 0 Å². The summed E-state index contributed by atoms with van der Waals surface area (Å²) in [4.78, 5) is 75.6. The number of hydrogen-bond acceptors (Lipinski definition) is 9. The number of amides is 5. The van der Waals surface area contributed by atoms with Gasteiger partial charge in [-0.3, -0.25) is 24.0 Å². The first-order valence-corrected chi connectivity index (χ1v) is 15.1. The van der Waals surface area contributed by atoms with E-state index in [0.717, 1.165) is 0 Å². The Hall–Kier alpha value is -5.02. The van der Waals surface area contributed by atoms with Gasteiger partial charge in [0.25, 0.3) is 0 Å². The van der Waals surface area contributed by atoms with Gasteiger partial charge in [0.1, 0.15) is 29.9 Å². The number of nitrogens with one attached hydrogen (secondary N) is 5. The summed E-state index contributed by atoms with van der Waals surface area (Å²) in [5.74, 6) is -5.02. The standard InChI is InChI=1S/C32H44N6O9/c1-18(2)13-24(30(44)38-26(17-39)32(46)47)37-31(45)25(15-20-7-5-4-6-8-20)36-27(41)16-34-28(42)19(3)35-29(43)23(33)14-21-9-11-22(40)12-10-21/h4-12,18-19,23-26,39-40H,13-17,33H2,1-3H3,(H,34,42)(H,35,43)(H,36,41)(H,37,45)(H,38,44)(H,46,47)/t19-,23+,24+,25+,26+/m1/s1. The van der Waals surface area contributed by atoms with Crippen molar-refractivity contribution < 1.29 is 44.1 Å². The Morgan fingerprint density at radius 3 is 1.85 bits per heavy atom. The van der Waals surface area contributed by atoms with Crippen LogP contribution in [0.1, 0.15) is 38.3 Å². The zero-order valence-electron chi connectivity index (χ0n) is 26.6. The van der Waals surface area contributed by atoms with Crippen LogP contribution in [0.15, 0.2) is 54.6 Å². The second-order valence-electron chi connectivity index (χ2n) is 11.5. The van der Waals surface area contributed by atoms with Gasteiger partial charge in [0, 0.05) is 6.42 Å². The van der Waals surface area contributed by atoms with Crippen LogP contribution in [0.4, 0.5) is 0 Å². The number of rotatable bonds is 18. The average molecular weight is 657 g/mol. The van der Waals surface area contributed by atoms with Crippen molar-refractivity contribution in [2.75, 3.05) is 13.2 Å². The molecule has 2 aromatic rings. The molecule has 0 spiro atoms. The molecule has 0 radical (unpaired) electrons. The van der Waals surface area contributed by atoms with Gasteiger partial charge < -0.3 is 47.6 Å². The van der Waals surface area contributed by atoms with Gasteiger partial charge >= 0.3 is 5.97 Å². The summed E-state index contributed by atoms with van der Waals surface area (Å²) >= 11 is 0. The van der Waals surface area contributed by atoms with Crippen molar-refractivity contribution in [1.82, 2.24) is 26.6 Å². The molecule has 0 aromatic heterocycles. The third-order valence-electron chi connectivity index (χ3n) is 6.98. The summed E-state index contributed by atoms with van der Waals surface area (Å²) in [6.07, 6.45) is 0.330. The number of phenols is 1. The minimum absolute atomic E-state index is 0.0299. The minimum Gasteiger partial charge on any atom is -0.508 e. The highest BCUT2D eigenvalue weighted by molar-refractivity contribution is 5.95. The van der Waals surface area contributed by atoms with Gasteiger partial charge in [0.15, 0.2) is 0 Å². The Labute approximate surface area is 272 Å². The van der Waals surface area contributed by atoms with Crippen LogP contribution in [0, 0.1) is 5.92 Å². The van der Waals surface area contributed by atoms with Crippen LogP contribution in [0.2, 0.25) is 0 Å². The SMILES string of the molecule is CC(C)C[C@H](NC(=O)[C@H](Cc1ccccc1)NC(=O)CNC(=O)[C@@H](C)NC(=O)[C@@H](N)Cc1ccc(O)cc1)C(=O)N[C@@H](CO)C(=O)O. The minimum atomic E-state index is -1.57. The topological polar surface area (TPSA) is 249 Å². The van der Waals surface area contributed by atoms with Crippen LogP contribution >= 0.6 is 0 Å². The quantitative estimate of drug-likeness (QED) is 0.0918. The molecule has 2 aromatic carbocycles.